The fourth-order valence-electron chi connectivity index (χ4n) is 2.39. The average molecular weight is 453 g/mol. The Balaban J connectivity index is 1.71. The predicted molar refractivity (Wildman–Crippen MR) is 114 cm³/mol. The van der Waals surface area contributed by atoms with Crippen LogP contribution in [0.2, 0.25) is 10.0 Å². The van der Waals surface area contributed by atoms with Crippen molar-refractivity contribution in [3.05, 3.63) is 79.1 Å². The number of carboxylic acid groups (broad SMARTS) is 1. The fraction of sp³-hybridized carbons (Fsp3) is 0.0500. The van der Waals surface area contributed by atoms with Crippen LogP contribution in [0.4, 0.5) is 0 Å². The van der Waals surface area contributed by atoms with Crippen molar-refractivity contribution >= 4 is 64.0 Å². The van der Waals surface area contributed by atoms with Gasteiger partial charge in [0.15, 0.2) is 5.78 Å². The highest BCUT2D eigenvalue weighted by Crippen LogP contribution is 2.29. The number of carboxylic acids is 1. The molecule has 0 aliphatic rings. The number of rotatable bonds is 6. The van der Waals surface area contributed by atoms with E-state index in [1.807, 2.05) is 11.4 Å². The van der Waals surface area contributed by atoms with Gasteiger partial charge in [-0.2, -0.15) is 0 Å². The lowest BCUT2D eigenvalue weighted by Crippen LogP contribution is -2.03. The van der Waals surface area contributed by atoms with E-state index in [1.165, 1.54) is 17.4 Å². The monoisotopic (exact) mass is 451 g/mol. The topological polar surface area (TPSA) is 67.3 Å². The van der Waals surface area contributed by atoms with Crippen molar-refractivity contribution in [2.24, 2.45) is 0 Å². The molecule has 3 rings (SSSR count). The predicted octanol–water partition coefficient (Wildman–Crippen LogP) is 6.21. The molecule has 0 aliphatic heterocycles. The van der Waals surface area contributed by atoms with Gasteiger partial charge in [-0.1, -0.05) is 65.1 Å². The highest BCUT2D eigenvalue weighted by Gasteiger charge is 2.12. The van der Waals surface area contributed by atoms with E-state index in [-0.39, 0.29) is 17.2 Å². The van der Waals surface area contributed by atoms with Crippen molar-refractivity contribution in [3.63, 3.8) is 0 Å². The molecule has 0 unspecified atom stereocenters. The first-order valence-electron chi connectivity index (χ1n) is 7.97. The van der Waals surface area contributed by atoms with E-state index in [4.69, 9.17) is 39.9 Å². The van der Waals surface area contributed by atoms with Crippen molar-refractivity contribution < 1.29 is 14.7 Å². The van der Waals surface area contributed by atoms with Gasteiger partial charge in [0.2, 0.25) is 0 Å². The summed E-state index contributed by atoms with van der Waals surface area (Å²) in [5.41, 5.74) is 2.67. The Labute approximate surface area is 180 Å². The Morgan fingerprint density at radius 2 is 1.79 bits per heavy atom. The zero-order valence-corrected chi connectivity index (χ0v) is 17.2. The van der Waals surface area contributed by atoms with Crippen molar-refractivity contribution in [2.75, 3.05) is 0 Å². The van der Waals surface area contributed by atoms with Gasteiger partial charge >= 0.3 is 5.97 Å². The van der Waals surface area contributed by atoms with Crippen LogP contribution in [-0.2, 0) is 11.2 Å². The molecule has 0 radical (unpaired) electrons. The maximum atomic E-state index is 12.5. The highest BCUT2D eigenvalue weighted by atomic mass is 35.5. The summed E-state index contributed by atoms with van der Waals surface area (Å²) in [7, 11) is 0. The van der Waals surface area contributed by atoms with Gasteiger partial charge < -0.3 is 5.11 Å². The Bertz CT molecular complexity index is 1070. The fourth-order valence-corrected chi connectivity index (χ4v) is 3.62. The Morgan fingerprint density at radius 1 is 1.07 bits per heavy atom. The number of hydrogen-bond acceptors (Lipinski definition) is 4. The van der Waals surface area contributed by atoms with Gasteiger partial charge in [0.25, 0.3) is 0 Å². The smallest absolute Gasteiger partial charge is 0.347 e. The zero-order chi connectivity index (χ0) is 20.3. The molecule has 8 heteroatoms. The molecular weight excluding hydrogens is 441 g/mol. The van der Waals surface area contributed by atoms with E-state index < -0.39 is 5.97 Å². The summed E-state index contributed by atoms with van der Waals surface area (Å²) in [6, 6.07) is 11.8. The number of aliphatic carboxylic acids is 1. The van der Waals surface area contributed by atoms with Gasteiger partial charge in [-0.3, -0.25) is 4.79 Å². The van der Waals surface area contributed by atoms with Gasteiger partial charge in [0.1, 0.15) is 10.0 Å². The lowest BCUT2D eigenvalue weighted by atomic mass is 10.1. The van der Waals surface area contributed by atoms with Crippen molar-refractivity contribution in [3.8, 4) is 11.3 Å². The maximum Gasteiger partial charge on any atom is 0.347 e. The molecule has 1 aromatic heterocycles. The number of hydrogen-bond donors (Lipinski definition) is 1. The molecule has 0 spiro atoms. The number of carbonyl (C=O) groups excluding carboxylic acids is 1. The quantitative estimate of drug-likeness (QED) is 0.357. The molecule has 1 N–H and O–H groups in total. The SMILES string of the molecule is O=C(O)/C(Cl)=C/c1ccc(C(=O)Cc2nc(-c3ccc(Cl)c(Cl)c3)cs2)cc1. The number of Topliss-reactive ketones (excluding diaryl/α,β-unsaturated/α-hetero) is 1. The Kier molecular flexibility index (Phi) is 6.52. The Hall–Kier alpha value is -2.18. The number of halogens is 3. The summed E-state index contributed by atoms with van der Waals surface area (Å²) in [5, 5.41) is 12.0. The van der Waals surface area contributed by atoms with Crippen LogP contribution in [0.3, 0.4) is 0 Å². The molecule has 3 aromatic rings. The van der Waals surface area contributed by atoms with Gasteiger partial charge in [0.05, 0.1) is 22.2 Å². The number of benzene rings is 2. The molecular formula is C20H12Cl3NO3S. The first-order chi connectivity index (χ1) is 13.3. The molecule has 0 atom stereocenters. The van der Waals surface area contributed by atoms with Crippen LogP contribution in [-0.4, -0.2) is 21.8 Å². The largest absolute Gasteiger partial charge is 0.477 e. The van der Waals surface area contributed by atoms with Crippen LogP contribution in [0.15, 0.2) is 52.9 Å². The molecule has 0 fully saturated rings. The number of thiazole rings is 1. The third-order valence-corrected chi connectivity index (χ3v) is 5.67. The lowest BCUT2D eigenvalue weighted by molar-refractivity contribution is -0.131. The van der Waals surface area contributed by atoms with Gasteiger partial charge in [-0.15, -0.1) is 11.3 Å². The molecule has 0 saturated carbocycles. The normalized spacial score (nSPS) is 11.5. The molecule has 2 aromatic carbocycles. The summed E-state index contributed by atoms with van der Waals surface area (Å²) >= 11 is 19.0. The number of ketones is 1. The first-order valence-corrected chi connectivity index (χ1v) is 9.98. The van der Waals surface area contributed by atoms with Gasteiger partial charge in [0, 0.05) is 16.5 Å². The summed E-state index contributed by atoms with van der Waals surface area (Å²) in [5.74, 6) is -1.29. The summed E-state index contributed by atoms with van der Waals surface area (Å²) in [6.07, 6.45) is 1.49. The Morgan fingerprint density at radius 3 is 2.43 bits per heavy atom. The van der Waals surface area contributed by atoms with Gasteiger partial charge in [-0.25, -0.2) is 9.78 Å². The second-order valence-electron chi connectivity index (χ2n) is 5.77. The molecule has 4 nitrogen and oxygen atoms in total. The van der Waals surface area contributed by atoms with E-state index in [2.05, 4.69) is 4.98 Å². The van der Waals surface area contributed by atoms with E-state index in [0.717, 1.165) is 11.3 Å². The van der Waals surface area contributed by atoms with E-state index in [1.54, 1.807) is 36.4 Å². The standard InChI is InChI=1S/C20H12Cl3NO3S/c21-14-6-5-13(8-15(14)22)17-10-28-19(24-17)9-18(25)12-3-1-11(2-4-12)7-16(23)20(26)27/h1-8,10H,9H2,(H,26,27)/b16-7-. The molecule has 0 aliphatic carbocycles. The first kappa shape index (κ1) is 20.6. The summed E-state index contributed by atoms with van der Waals surface area (Å²) < 4.78 is 0. The van der Waals surface area contributed by atoms with Gasteiger partial charge in [-0.05, 0) is 23.8 Å². The molecule has 1 heterocycles. The second kappa shape index (κ2) is 8.88. The maximum absolute atomic E-state index is 12.5. The van der Waals surface area contributed by atoms with Crippen LogP contribution >= 0.6 is 46.1 Å². The van der Waals surface area contributed by atoms with Crippen LogP contribution < -0.4 is 0 Å². The summed E-state index contributed by atoms with van der Waals surface area (Å²) in [4.78, 5) is 27.7. The van der Waals surface area contributed by atoms with Crippen LogP contribution in [0.25, 0.3) is 17.3 Å². The minimum atomic E-state index is -1.21. The zero-order valence-electron chi connectivity index (χ0n) is 14.2. The number of carbonyl (C=O) groups is 2. The minimum absolute atomic E-state index is 0.0881. The molecule has 0 amide bonds. The van der Waals surface area contributed by atoms with Crippen molar-refractivity contribution in [1.29, 1.82) is 0 Å². The minimum Gasteiger partial charge on any atom is -0.477 e. The van der Waals surface area contributed by atoms with Crippen LogP contribution in [0, 0.1) is 0 Å². The highest BCUT2D eigenvalue weighted by molar-refractivity contribution is 7.10. The summed E-state index contributed by atoms with van der Waals surface area (Å²) in [6.45, 7) is 0. The molecule has 28 heavy (non-hydrogen) atoms. The number of aromatic nitrogens is 1. The van der Waals surface area contributed by atoms with E-state index >= 15 is 0 Å². The third-order valence-electron chi connectivity index (χ3n) is 3.81. The molecule has 0 bridgehead atoms. The van der Waals surface area contributed by atoms with E-state index in [0.29, 0.717) is 26.2 Å². The van der Waals surface area contributed by atoms with Crippen molar-refractivity contribution in [2.45, 2.75) is 6.42 Å². The van der Waals surface area contributed by atoms with Crippen molar-refractivity contribution in [1.82, 2.24) is 4.98 Å². The number of nitrogens with zero attached hydrogens (tertiary/aromatic N) is 1. The molecule has 0 saturated heterocycles. The average Bonchev–Trinajstić information content (AvgIpc) is 3.13. The van der Waals surface area contributed by atoms with Crippen LogP contribution in [0.5, 0.6) is 0 Å². The van der Waals surface area contributed by atoms with E-state index in [9.17, 15) is 9.59 Å². The second-order valence-corrected chi connectivity index (χ2v) is 7.94. The lowest BCUT2D eigenvalue weighted by Gasteiger charge is -2.01. The molecule has 142 valence electrons. The van der Waals surface area contributed by atoms with Crippen LogP contribution in [0.1, 0.15) is 20.9 Å². The third kappa shape index (κ3) is 5.00.